The lowest BCUT2D eigenvalue weighted by Crippen LogP contribution is -1.97. The first kappa shape index (κ1) is 11.5. The average molecular weight is 284 g/mol. The second-order valence-electron chi connectivity index (χ2n) is 5.30. The predicted molar refractivity (Wildman–Crippen MR) is 87.3 cm³/mol. The maximum absolute atomic E-state index is 4.60. The van der Waals surface area contributed by atoms with Crippen molar-refractivity contribution in [3.05, 3.63) is 73.1 Å². The zero-order chi connectivity index (χ0) is 14.5. The fourth-order valence-corrected chi connectivity index (χ4v) is 3.12. The van der Waals surface area contributed by atoms with Gasteiger partial charge in [0.25, 0.3) is 0 Å². The zero-order valence-corrected chi connectivity index (χ0v) is 11.7. The molecule has 0 aliphatic heterocycles. The summed E-state index contributed by atoms with van der Waals surface area (Å²) in [6.07, 6.45) is 3.72. The minimum atomic E-state index is 1.02. The molecule has 3 aromatic heterocycles. The average Bonchev–Trinajstić information content (AvgIpc) is 3.23. The molecule has 0 bridgehead atoms. The van der Waals surface area contributed by atoms with Gasteiger partial charge in [0.05, 0.1) is 23.6 Å². The monoisotopic (exact) mass is 284 g/mol. The van der Waals surface area contributed by atoms with Gasteiger partial charge in [-0.25, -0.2) is 9.20 Å². The van der Waals surface area contributed by atoms with Gasteiger partial charge >= 0.3 is 0 Å². The van der Waals surface area contributed by atoms with Crippen molar-refractivity contribution in [2.24, 2.45) is 0 Å². The fourth-order valence-electron chi connectivity index (χ4n) is 3.12. The maximum atomic E-state index is 4.60. The van der Waals surface area contributed by atoms with E-state index in [0.717, 1.165) is 22.2 Å². The molecule has 0 amide bonds. The fraction of sp³-hybridized carbons (Fsp3) is 0. The lowest BCUT2D eigenvalue weighted by Gasteiger charge is -2.08. The molecule has 0 saturated heterocycles. The molecule has 2 aromatic carbocycles. The third kappa shape index (κ3) is 1.41. The zero-order valence-electron chi connectivity index (χ0n) is 11.7. The number of hydrogen-bond donors (Lipinski definition) is 0. The van der Waals surface area contributed by atoms with E-state index in [4.69, 9.17) is 0 Å². The summed E-state index contributed by atoms with van der Waals surface area (Å²) >= 11 is 0. The molecule has 0 radical (unpaired) electrons. The SMILES string of the molecule is c1ccc(-n2ncc3c2c2ccccc2c2ccnn23)cc1. The van der Waals surface area contributed by atoms with Crippen molar-refractivity contribution in [2.75, 3.05) is 0 Å². The van der Waals surface area contributed by atoms with Crippen LogP contribution in [0.15, 0.2) is 73.1 Å². The van der Waals surface area contributed by atoms with E-state index in [1.54, 1.807) is 0 Å². The number of benzene rings is 2. The number of hydrogen-bond acceptors (Lipinski definition) is 2. The van der Waals surface area contributed by atoms with Crippen molar-refractivity contribution in [3.8, 4) is 5.69 Å². The van der Waals surface area contributed by atoms with Crippen LogP contribution in [0.4, 0.5) is 0 Å². The molecule has 0 N–H and O–H groups in total. The first-order chi connectivity index (χ1) is 10.9. The highest BCUT2D eigenvalue weighted by atomic mass is 15.3. The molecule has 4 heteroatoms. The van der Waals surface area contributed by atoms with Crippen molar-refractivity contribution >= 4 is 27.3 Å². The molecule has 0 aliphatic carbocycles. The van der Waals surface area contributed by atoms with Gasteiger partial charge in [0.2, 0.25) is 0 Å². The van der Waals surface area contributed by atoms with Gasteiger partial charge in [0.1, 0.15) is 11.0 Å². The van der Waals surface area contributed by atoms with Crippen LogP contribution in [0.3, 0.4) is 0 Å². The predicted octanol–water partition coefficient (Wildman–Crippen LogP) is 3.83. The van der Waals surface area contributed by atoms with E-state index in [9.17, 15) is 0 Å². The molecule has 0 unspecified atom stereocenters. The van der Waals surface area contributed by atoms with Crippen LogP contribution in [0.25, 0.3) is 33.0 Å². The standard InChI is InChI=1S/C18H12N4/c1-2-6-13(7-3-1)21-18-15-9-5-4-8-14(15)16-10-11-19-22(16)17(18)12-20-21/h1-12H. The summed E-state index contributed by atoms with van der Waals surface area (Å²) < 4.78 is 3.95. The summed E-state index contributed by atoms with van der Waals surface area (Å²) in [7, 11) is 0. The molecule has 22 heavy (non-hydrogen) atoms. The summed E-state index contributed by atoms with van der Waals surface area (Å²) in [4.78, 5) is 0. The van der Waals surface area contributed by atoms with Gasteiger partial charge in [-0.1, -0.05) is 42.5 Å². The van der Waals surface area contributed by atoms with Gasteiger partial charge in [0, 0.05) is 10.8 Å². The van der Waals surface area contributed by atoms with E-state index in [-0.39, 0.29) is 0 Å². The molecule has 3 heterocycles. The largest absolute Gasteiger partial charge is 0.231 e. The van der Waals surface area contributed by atoms with Crippen molar-refractivity contribution in [3.63, 3.8) is 0 Å². The van der Waals surface area contributed by atoms with Crippen LogP contribution >= 0.6 is 0 Å². The third-order valence-electron chi connectivity index (χ3n) is 4.08. The van der Waals surface area contributed by atoms with Crippen molar-refractivity contribution < 1.29 is 0 Å². The minimum absolute atomic E-state index is 1.02. The Bertz CT molecular complexity index is 1120. The maximum Gasteiger partial charge on any atom is 0.112 e. The lowest BCUT2D eigenvalue weighted by molar-refractivity contribution is 0.913. The molecule has 4 nitrogen and oxygen atoms in total. The third-order valence-corrected chi connectivity index (χ3v) is 4.08. The van der Waals surface area contributed by atoms with Crippen LogP contribution < -0.4 is 0 Å². The number of rotatable bonds is 1. The molecule has 0 aliphatic rings. The van der Waals surface area contributed by atoms with Gasteiger partial charge in [-0.3, -0.25) is 0 Å². The van der Waals surface area contributed by atoms with Crippen LogP contribution in [0.1, 0.15) is 0 Å². The smallest absolute Gasteiger partial charge is 0.112 e. The van der Waals surface area contributed by atoms with E-state index in [2.05, 4.69) is 46.6 Å². The van der Waals surface area contributed by atoms with Crippen LogP contribution in [-0.2, 0) is 0 Å². The van der Waals surface area contributed by atoms with Crippen molar-refractivity contribution in [1.82, 2.24) is 19.4 Å². The number of nitrogens with zero attached hydrogens (tertiary/aromatic N) is 4. The summed E-state index contributed by atoms with van der Waals surface area (Å²) in [5.74, 6) is 0. The first-order valence-corrected chi connectivity index (χ1v) is 7.21. The molecule has 0 saturated carbocycles. The second-order valence-corrected chi connectivity index (χ2v) is 5.30. The highest BCUT2D eigenvalue weighted by Crippen LogP contribution is 2.30. The van der Waals surface area contributed by atoms with Crippen molar-refractivity contribution in [2.45, 2.75) is 0 Å². The Balaban J connectivity index is 2.05. The van der Waals surface area contributed by atoms with E-state index in [0.29, 0.717) is 0 Å². The topological polar surface area (TPSA) is 35.1 Å². The Labute approximate surface area is 126 Å². The second kappa shape index (κ2) is 4.18. The van der Waals surface area contributed by atoms with E-state index in [1.165, 1.54) is 10.8 Å². The highest BCUT2D eigenvalue weighted by Gasteiger charge is 2.14. The number of pyridine rings is 1. The Morgan fingerprint density at radius 1 is 0.682 bits per heavy atom. The first-order valence-electron chi connectivity index (χ1n) is 7.21. The number of fused-ring (bicyclic) bond motifs is 6. The number of aromatic nitrogens is 4. The van der Waals surface area contributed by atoms with Crippen LogP contribution in [0, 0.1) is 0 Å². The molecule has 5 aromatic rings. The molecule has 104 valence electrons. The molecule has 0 spiro atoms. The molecular weight excluding hydrogens is 272 g/mol. The normalized spacial score (nSPS) is 11.6. The molecular formula is C18H12N4. The Morgan fingerprint density at radius 3 is 2.32 bits per heavy atom. The minimum Gasteiger partial charge on any atom is -0.231 e. The summed E-state index contributed by atoms with van der Waals surface area (Å²) in [6.45, 7) is 0. The Morgan fingerprint density at radius 2 is 1.45 bits per heavy atom. The molecule has 0 atom stereocenters. The van der Waals surface area contributed by atoms with Gasteiger partial charge in [-0.15, -0.1) is 0 Å². The Hall–Kier alpha value is -3.14. The van der Waals surface area contributed by atoms with Gasteiger partial charge in [-0.2, -0.15) is 10.2 Å². The van der Waals surface area contributed by atoms with Crippen LogP contribution in [-0.4, -0.2) is 19.4 Å². The van der Waals surface area contributed by atoms with Gasteiger partial charge < -0.3 is 0 Å². The molecule has 5 rings (SSSR count). The summed E-state index contributed by atoms with van der Waals surface area (Å²) in [5, 5.41) is 11.4. The summed E-state index contributed by atoms with van der Waals surface area (Å²) in [6, 6.07) is 20.6. The molecule has 0 fully saturated rings. The lowest BCUT2D eigenvalue weighted by atomic mass is 10.1. The van der Waals surface area contributed by atoms with E-state index in [1.807, 2.05) is 45.9 Å². The van der Waals surface area contributed by atoms with Crippen LogP contribution in [0.5, 0.6) is 0 Å². The van der Waals surface area contributed by atoms with Crippen molar-refractivity contribution in [1.29, 1.82) is 0 Å². The van der Waals surface area contributed by atoms with E-state index < -0.39 is 0 Å². The Kier molecular flexibility index (Phi) is 2.19. The van der Waals surface area contributed by atoms with Crippen LogP contribution in [0.2, 0.25) is 0 Å². The highest BCUT2D eigenvalue weighted by molar-refractivity contribution is 6.11. The van der Waals surface area contributed by atoms with Gasteiger partial charge in [0.15, 0.2) is 0 Å². The quantitative estimate of drug-likeness (QED) is 0.469. The van der Waals surface area contributed by atoms with E-state index >= 15 is 0 Å². The summed E-state index contributed by atoms with van der Waals surface area (Å²) in [5.41, 5.74) is 4.26. The van der Waals surface area contributed by atoms with Gasteiger partial charge in [-0.05, 0) is 18.2 Å². The number of para-hydroxylation sites is 1.